The maximum atomic E-state index is 13.7. The van der Waals surface area contributed by atoms with Crippen LogP contribution in [-0.2, 0) is 14.3 Å². The first-order valence-corrected chi connectivity index (χ1v) is 11.1. The highest BCUT2D eigenvalue weighted by Gasteiger charge is 2.46. The van der Waals surface area contributed by atoms with Gasteiger partial charge in [-0.3, -0.25) is 9.59 Å². The van der Waals surface area contributed by atoms with Crippen molar-refractivity contribution in [3.63, 3.8) is 0 Å². The van der Waals surface area contributed by atoms with Crippen LogP contribution in [0.5, 0.6) is 0 Å². The Morgan fingerprint density at radius 2 is 1.88 bits per heavy atom. The summed E-state index contributed by atoms with van der Waals surface area (Å²) in [6.45, 7) is 11.8. The topological polar surface area (TPSA) is 120 Å². The van der Waals surface area contributed by atoms with E-state index in [1.54, 1.807) is 32.9 Å². The molecule has 1 fully saturated rings. The molecular formula is C24H31N3O6. The number of Topliss-reactive ketones (excluding diaryl/α,β-unsaturated/α-hetero) is 1. The van der Waals surface area contributed by atoms with Crippen molar-refractivity contribution in [3.05, 3.63) is 51.7 Å². The number of aromatic amines is 1. The van der Waals surface area contributed by atoms with Crippen LogP contribution in [0.2, 0.25) is 0 Å². The van der Waals surface area contributed by atoms with Gasteiger partial charge in [-0.05, 0) is 57.9 Å². The third-order valence-electron chi connectivity index (χ3n) is 6.32. The molecule has 1 atom stereocenters. The number of esters is 1. The quantitative estimate of drug-likeness (QED) is 0.257. The predicted molar refractivity (Wildman–Crippen MR) is 118 cm³/mol. The number of likely N-dealkylation sites (N-methyl/N-ethyl adjacent to an activating group) is 1. The molecule has 9 heteroatoms. The first kappa shape index (κ1) is 24.3. The van der Waals surface area contributed by atoms with Crippen molar-refractivity contribution >= 4 is 23.4 Å². The number of likely N-dealkylation sites (tertiary alicyclic amines) is 1. The van der Waals surface area contributed by atoms with Gasteiger partial charge in [-0.2, -0.15) is 0 Å². The highest BCUT2D eigenvalue weighted by molar-refractivity contribution is 6.46. The van der Waals surface area contributed by atoms with E-state index in [1.807, 2.05) is 0 Å². The molecular weight excluding hydrogens is 426 g/mol. The number of quaternary nitrogens is 1. The fourth-order valence-electron chi connectivity index (χ4n) is 4.41. The first-order chi connectivity index (χ1) is 15.7. The number of methoxy groups -OCH3 is 1. The molecule has 1 unspecified atom stereocenters. The zero-order valence-corrected chi connectivity index (χ0v) is 20.0. The largest absolute Gasteiger partial charge is 0.872 e. The highest BCUT2D eigenvalue weighted by Crippen LogP contribution is 2.40. The van der Waals surface area contributed by atoms with Crippen LogP contribution < -0.4 is 10.0 Å². The number of carbonyl (C=O) groups is 3. The van der Waals surface area contributed by atoms with E-state index in [-0.39, 0.29) is 16.8 Å². The van der Waals surface area contributed by atoms with Crippen molar-refractivity contribution in [2.45, 2.75) is 40.7 Å². The summed E-state index contributed by atoms with van der Waals surface area (Å²) >= 11 is 0. The van der Waals surface area contributed by atoms with Crippen molar-refractivity contribution in [2.24, 2.45) is 0 Å². The number of rotatable bonds is 8. The molecule has 178 valence electrons. The number of aromatic nitrogens is 1. The Hall–Kier alpha value is -3.33. The van der Waals surface area contributed by atoms with Gasteiger partial charge in [0.15, 0.2) is 0 Å². The lowest BCUT2D eigenvalue weighted by atomic mass is 9.97. The Kier molecular flexibility index (Phi) is 7.12. The van der Waals surface area contributed by atoms with Gasteiger partial charge in [0.25, 0.3) is 5.91 Å². The van der Waals surface area contributed by atoms with Crippen LogP contribution >= 0.6 is 0 Å². The highest BCUT2D eigenvalue weighted by atomic mass is 16.5. The number of nitrogens with zero attached hydrogens (tertiary/aromatic N) is 1. The number of aryl methyl sites for hydroxylation is 2. The second kappa shape index (κ2) is 9.66. The Balaban J connectivity index is 2.15. The van der Waals surface area contributed by atoms with Crippen LogP contribution in [0.25, 0.3) is 5.76 Å². The van der Waals surface area contributed by atoms with Crippen LogP contribution in [0, 0.1) is 20.8 Å². The van der Waals surface area contributed by atoms with Crippen molar-refractivity contribution in [1.82, 2.24) is 9.88 Å². The number of nitrogens with one attached hydrogen (secondary N) is 2. The maximum Gasteiger partial charge on any atom is 0.354 e. The zero-order valence-electron chi connectivity index (χ0n) is 20.0. The van der Waals surface area contributed by atoms with Gasteiger partial charge in [0, 0.05) is 11.3 Å². The number of ether oxygens (including phenoxy) is 1. The lowest BCUT2D eigenvalue weighted by Gasteiger charge is -2.27. The molecule has 33 heavy (non-hydrogen) atoms. The molecule has 1 aliphatic rings. The molecule has 1 amide bonds. The molecule has 0 aliphatic carbocycles. The summed E-state index contributed by atoms with van der Waals surface area (Å²) in [5, 5.41) is 13.7. The molecule has 0 spiro atoms. The molecule has 2 aromatic heterocycles. The minimum absolute atomic E-state index is 0.142. The Labute approximate surface area is 193 Å². The predicted octanol–water partition coefficient (Wildman–Crippen LogP) is 0.468. The Morgan fingerprint density at radius 1 is 1.21 bits per heavy atom. The minimum Gasteiger partial charge on any atom is -0.872 e. The van der Waals surface area contributed by atoms with Gasteiger partial charge >= 0.3 is 5.97 Å². The number of furan rings is 1. The summed E-state index contributed by atoms with van der Waals surface area (Å²) in [6.07, 6.45) is 0. The lowest BCUT2D eigenvalue weighted by molar-refractivity contribution is -0.895. The Morgan fingerprint density at radius 3 is 2.42 bits per heavy atom. The van der Waals surface area contributed by atoms with Crippen LogP contribution in [-0.4, -0.2) is 60.8 Å². The van der Waals surface area contributed by atoms with Gasteiger partial charge in [0.1, 0.15) is 23.3 Å². The molecule has 0 saturated carbocycles. The number of hydrogen-bond acceptors (Lipinski definition) is 6. The third-order valence-corrected chi connectivity index (χ3v) is 6.32. The van der Waals surface area contributed by atoms with Crippen LogP contribution in [0.1, 0.15) is 58.7 Å². The van der Waals surface area contributed by atoms with E-state index in [0.717, 1.165) is 13.1 Å². The second-order valence-electron chi connectivity index (χ2n) is 8.25. The summed E-state index contributed by atoms with van der Waals surface area (Å²) in [6, 6.07) is 2.50. The molecule has 1 saturated heterocycles. The normalized spacial score (nSPS) is 17.9. The van der Waals surface area contributed by atoms with Crippen LogP contribution in [0.15, 0.2) is 22.1 Å². The number of H-pyrrole nitrogens is 1. The average Bonchev–Trinajstić information content (AvgIpc) is 3.42. The van der Waals surface area contributed by atoms with Crippen molar-refractivity contribution in [1.29, 1.82) is 0 Å². The number of ketones is 1. The summed E-state index contributed by atoms with van der Waals surface area (Å²) in [7, 11) is 1.25. The summed E-state index contributed by atoms with van der Waals surface area (Å²) < 4.78 is 10.6. The van der Waals surface area contributed by atoms with Gasteiger partial charge < -0.3 is 29.0 Å². The number of amides is 1. The van der Waals surface area contributed by atoms with Gasteiger partial charge in [-0.1, -0.05) is 5.76 Å². The van der Waals surface area contributed by atoms with E-state index < -0.39 is 29.5 Å². The summed E-state index contributed by atoms with van der Waals surface area (Å²) in [5.41, 5.74) is 0.966. The molecule has 2 aromatic rings. The molecule has 9 nitrogen and oxygen atoms in total. The molecule has 0 radical (unpaired) electrons. The maximum absolute atomic E-state index is 13.7. The Bertz CT molecular complexity index is 1110. The standard InChI is InChI=1S/C24H31N3O6/c1-7-26(8-2)11-12-27-20(16-10-9-13(3)33-16)18(22(29)23(27)30)21(28)17-14(4)19(24(31)32-6)25-15(17)5/h9-10,20,25,28H,7-8,11-12H2,1-6H3. The monoisotopic (exact) mass is 457 g/mol. The SMILES string of the molecule is CC[NH+](CC)CCN1C(=O)C(=O)C(=C([O-])c2c(C)[nH]c(C(=O)OC)c2C)C1c1ccc(C)o1. The lowest BCUT2D eigenvalue weighted by Crippen LogP contribution is -3.12. The zero-order chi connectivity index (χ0) is 24.4. The molecule has 0 bridgehead atoms. The number of carbonyl (C=O) groups excluding carboxylic acids is 3. The van der Waals surface area contributed by atoms with Crippen molar-refractivity contribution < 1.29 is 33.5 Å². The van der Waals surface area contributed by atoms with Crippen molar-refractivity contribution in [3.8, 4) is 0 Å². The van der Waals surface area contributed by atoms with Gasteiger partial charge in [0.05, 0.1) is 33.3 Å². The van der Waals surface area contributed by atoms with Gasteiger partial charge in [0.2, 0.25) is 5.78 Å². The fourth-order valence-corrected chi connectivity index (χ4v) is 4.41. The minimum atomic E-state index is -0.920. The van der Waals surface area contributed by atoms with E-state index in [9.17, 15) is 19.5 Å². The van der Waals surface area contributed by atoms with E-state index in [1.165, 1.54) is 16.9 Å². The van der Waals surface area contributed by atoms with E-state index in [0.29, 0.717) is 35.9 Å². The van der Waals surface area contributed by atoms with Crippen LogP contribution in [0.3, 0.4) is 0 Å². The average molecular weight is 458 g/mol. The molecule has 3 heterocycles. The van der Waals surface area contributed by atoms with Gasteiger partial charge in [-0.25, -0.2) is 4.79 Å². The molecule has 0 aromatic carbocycles. The smallest absolute Gasteiger partial charge is 0.354 e. The first-order valence-electron chi connectivity index (χ1n) is 11.1. The summed E-state index contributed by atoms with van der Waals surface area (Å²) in [4.78, 5) is 43.8. The van der Waals surface area contributed by atoms with E-state index >= 15 is 0 Å². The van der Waals surface area contributed by atoms with Crippen LogP contribution in [0.4, 0.5) is 0 Å². The number of hydrogen-bond donors (Lipinski definition) is 2. The van der Waals surface area contributed by atoms with E-state index in [2.05, 4.69) is 18.8 Å². The van der Waals surface area contributed by atoms with Gasteiger partial charge in [-0.15, -0.1) is 0 Å². The molecule has 2 N–H and O–H groups in total. The van der Waals surface area contributed by atoms with E-state index in [4.69, 9.17) is 9.15 Å². The fraction of sp³-hybridized carbons (Fsp3) is 0.458. The second-order valence-corrected chi connectivity index (χ2v) is 8.25. The van der Waals surface area contributed by atoms with Crippen molar-refractivity contribution in [2.75, 3.05) is 33.3 Å². The molecule has 3 rings (SSSR count). The third kappa shape index (κ3) is 4.32. The summed E-state index contributed by atoms with van der Waals surface area (Å²) in [5.74, 6) is -1.79. The molecule has 1 aliphatic heterocycles.